The fraction of sp³-hybridized carbons (Fsp3) is 0.364. The van der Waals surface area contributed by atoms with Crippen molar-refractivity contribution >= 4 is 28.1 Å². The highest BCUT2D eigenvalue weighted by molar-refractivity contribution is 9.10. The summed E-state index contributed by atoms with van der Waals surface area (Å²) in [4.78, 5) is 26.4. The molecule has 30 heavy (non-hydrogen) atoms. The number of carbonyl (C=O) groups is 2. The van der Waals surface area contributed by atoms with Crippen molar-refractivity contribution < 1.29 is 28.9 Å². The van der Waals surface area contributed by atoms with Gasteiger partial charge < -0.3 is 24.2 Å². The summed E-state index contributed by atoms with van der Waals surface area (Å²) in [7, 11) is 1.54. The number of aldehydes is 1. The lowest BCUT2D eigenvalue weighted by atomic mass is 10.0. The molecule has 1 N–H and O–H groups in total. The van der Waals surface area contributed by atoms with Crippen LogP contribution in [-0.4, -0.2) is 60.7 Å². The number of rotatable bonds is 6. The van der Waals surface area contributed by atoms with E-state index in [1.807, 2.05) is 13.8 Å². The first-order valence-corrected chi connectivity index (χ1v) is 10.2. The quantitative estimate of drug-likeness (QED) is 0.638. The predicted molar refractivity (Wildman–Crippen MR) is 115 cm³/mol. The average molecular weight is 478 g/mol. The molecule has 1 aliphatic rings. The number of ether oxygens (including phenoxy) is 3. The molecule has 1 atom stereocenters. The van der Waals surface area contributed by atoms with Crippen molar-refractivity contribution in [3.8, 4) is 17.2 Å². The number of benzene rings is 2. The second kappa shape index (κ2) is 9.06. The number of amides is 1. The zero-order valence-corrected chi connectivity index (χ0v) is 18.6. The van der Waals surface area contributed by atoms with Gasteiger partial charge >= 0.3 is 0 Å². The van der Waals surface area contributed by atoms with Gasteiger partial charge in [0.15, 0.2) is 6.29 Å². The van der Waals surface area contributed by atoms with Crippen LogP contribution >= 0.6 is 15.9 Å². The second-order valence-electron chi connectivity index (χ2n) is 7.60. The van der Waals surface area contributed by atoms with Gasteiger partial charge in [-0.2, -0.15) is 0 Å². The summed E-state index contributed by atoms with van der Waals surface area (Å²) in [6.45, 7) is 4.59. The lowest BCUT2D eigenvalue weighted by Gasteiger charge is -2.43. The molecule has 0 saturated carbocycles. The van der Waals surface area contributed by atoms with Crippen LogP contribution in [0.1, 0.15) is 34.6 Å². The SMILES string of the molecule is COc1cccc(C(=O)N2CC(C)(C)OCC2COc2cccc(O)c2C=O)c1Br. The average Bonchev–Trinajstić information content (AvgIpc) is 2.72. The predicted octanol–water partition coefficient (Wildman–Crippen LogP) is 3.67. The van der Waals surface area contributed by atoms with Gasteiger partial charge in [-0.15, -0.1) is 0 Å². The maximum absolute atomic E-state index is 13.4. The summed E-state index contributed by atoms with van der Waals surface area (Å²) in [6.07, 6.45) is 0.543. The maximum Gasteiger partial charge on any atom is 0.255 e. The molecule has 160 valence electrons. The molecule has 0 aliphatic carbocycles. The van der Waals surface area contributed by atoms with Crippen LogP contribution in [0.25, 0.3) is 0 Å². The Morgan fingerprint density at radius 1 is 1.30 bits per heavy atom. The lowest BCUT2D eigenvalue weighted by Crippen LogP contribution is -2.58. The van der Waals surface area contributed by atoms with E-state index < -0.39 is 5.60 Å². The zero-order chi connectivity index (χ0) is 21.9. The number of hydrogen-bond acceptors (Lipinski definition) is 6. The van der Waals surface area contributed by atoms with E-state index in [9.17, 15) is 14.7 Å². The Bertz CT molecular complexity index is 945. The minimum Gasteiger partial charge on any atom is -0.507 e. The third-order valence-corrected chi connectivity index (χ3v) is 5.74. The van der Waals surface area contributed by atoms with E-state index in [1.54, 1.807) is 42.3 Å². The van der Waals surface area contributed by atoms with Gasteiger partial charge in [0, 0.05) is 6.54 Å². The molecule has 1 unspecified atom stereocenters. The molecule has 1 fully saturated rings. The number of phenolic OH excluding ortho intramolecular Hbond substituents is 1. The molecule has 0 aromatic heterocycles. The normalized spacial score (nSPS) is 18.0. The van der Waals surface area contributed by atoms with E-state index in [1.165, 1.54) is 6.07 Å². The molecule has 1 aliphatic heterocycles. The van der Waals surface area contributed by atoms with Crippen LogP contribution in [0.5, 0.6) is 17.2 Å². The van der Waals surface area contributed by atoms with E-state index in [2.05, 4.69) is 15.9 Å². The molecule has 8 heteroatoms. The van der Waals surface area contributed by atoms with Gasteiger partial charge in [0.25, 0.3) is 5.91 Å². The zero-order valence-electron chi connectivity index (χ0n) is 17.1. The topological polar surface area (TPSA) is 85.3 Å². The minimum absolute atomic E-state index is 0.0722. The van der Waals surface area contributed by atoms with Crippen molar-refractivity contribution in [2.24, 2.45) is 0 Å². The molecule has 1 amide bonds. The van der Waals surface area contributed by atoms with Gasteiger partial charge in [0.2, 0.25) is 0 Å². The number of hydrogen-bond donors (Lipinski definition) is 1. The standard InChI is InChI=1S/C22H24BrNO6/c1-22(2)13-24(21(27)15-6-4-9-19(28-3)20(15)23)14(12-30-22)11-29-18-8-5-7-17(26)16(18)10-25/h4-10,14,26H,11-13H2,1-3H3. The molecule has 0 bridgehead atoms. The molecular weight excluding hydrogens is 454 g/mol. The van der Waals surface area contributed by atoms with Gasteiger partial charge in [0.05, 0.1) is 41.0 Å². The first-order valence-electron chi connectivity index (χ1n) is 9.45. The molecule has 1 saturated heterocycles. The molecule has 0 radical (unpaired) electrons. The Labute approximate surface area is 183 Å². The summed E-state index contributed by atoms with van der Waals surface area (Å²) in [5.41, 5.74) is 0.0298. The second-order valence-corrected chi connectivity index (χ2v) is 8.39. The third-order valence-electron chi connectivity index (χ3n) is 4.93. The van der Waals surface area contributed by atoms with Crippen LogP contribution in [-0.2, 0) is 4.74 Å². The van der Waals surface area contributed by atoms with Gasteiger partial charge in [-0.25, -0.2) is 0 Å². The Morgan fingerprint density at radius 3 is 2.70 bits per heavy atom. The van der Waals surface area contributed by atoms with Crippen molar-refractivity contribution in [2.75, 3.05) is 26.9 Å². The fourth-order valence-corrected chi connectivity index (χ4v) is 3.92. The number of carbonyl (C=O) groups excluding carboxylic acids is 2. The Morgan fingerprint density at radius 2 is 2.00 bits per heavy atom. The first kappa shape index (κ1) is 22.1. The molecule has 7 nitrogen and oxygen atoms in total. The molecule has 3 rings (SSSR count). The Balaban J connectivity index is 1.86. The van der Waals surface area contributed by atoms with Crippen LogP contribution in [0, 0.1) is 0 Å². The summed E-state index contributed by atoms with van der Waals surface area (Å²) in [5.74, 6) is 0.482. The van der Waals surface area contributed by atoms with Gasteiger partial charge in [-0.05, 0) is 54.0 Å². The number of halogens is 1. The maximum atomic E-state index is 13.4. The molecule has 2 aromatic carbocycles. The van der Waals surface area contributed by atoms with E-state index in [-0.39, 0.29) is 42.2 Å². The number of aromatic hydroxyl groups is 1. The van der Waals surface area contributed by atoms with Crippen molar-refractivity contribution in [1.29, 1.82) is 0 Å². The molecule has 2 aromatic rings. The summed E-state index contributed by atoms with van der Waals surface area (Å²) in [6, 6.07) is 9.49. The van der Waals surface area contributed by atoms with Gasteiger partial charge in [0.1, 0.15) is 23.9 Å². The largest absolute Gasteiger partial charge is 0.507 e. The minimum atomic E-state index is -0.517. The smallest absolute Gasteiger partial charge is 0.255 e. The van der Waals surface area contributed by atoms with Crippen molar-refractivity contribution in [3.05, 3.63) is 52.0 Å². The van der Waals surface area contributed by atoms with E-state index in [0.29, 0.717) is 28.6 Å². The van der Waals surface area contributed by atoms with E-state index >= 15 is 0 Å². The van der Waals surface area contributed by atoms with Crippen molar-refractivity contribution in [2.45, 2.75) is 25.5 Å². The van der Waals surface area contributed by atoms with Crippen LogP contribution in [0.4, 0.5) is 0 Å². The highest BCUT2D eigenvalue weighted by atomic mass is 79.9. The highest BCUT2D eigenvalue weighted by Gasteiger charge is 2.38. The lowest BCUT2D eigenvalue weighted by molar-refractivity contribution is -0.108. The summed E-state index contributed by atoms with van der Waals surface area (Å²) < 4.78 is 17.6. The molecule has 1 heterocycles. The summed E-state index contributed by atoms with van der Waals surface area (Å²) in [5, 5.41) is 9.85. The third kappa shape index (κ3) is 4.60. The number of morpholine rings is 1. The number of phenols is 1. The molecule has 0 spiro atoms. The van der Waals surface area contributed by atoms with E-state index in [0.717, 1.165) is 0 Å². The van der Waals surface area contributed by atoms with Crippen LogP contribution < -0.4 is 9.47 Å². The van der Waals surface area contributed by atoms with Crippen molar-refractivity contribution in [3.63, 3.8) is 0 Å². The van der Waals surface area contributed by atoms with Crippen LogP contribution in [0.15, 0.2) is 40.9 Å². The number of nitrogens with zero attached hydrogens (tertiary/aromatic N) is 1. The Kier molecular flexibility index (Phi) is 6.67. The number of methoxy groups -OCH3 is 1. The molecular formula is C22H24BrNO6. The van der Waals surface area contributed by atoms with Crippen molar-refractivity contribution in [1.82, 2.24) is 4.90 Å². The summed E-state index contributed by atoms with van der Waals surface area (Å²) >= 11 is 3.46. The van der Waals surface area contributed by atoms with Gasteiger partial charge in [-0.3, -0.25) is 9.59 Å². The van der Waals surface area contributed by atoms with E-state index in [4.69, 9.17) is 14.2 Å². The van der Waals surface area contributed by atoms with Gasteiger partial charge in [-0.1, -0.05) is 12.1 Å². The van der Waals surface area contributed by atoms with Crippen LogP contribution in [0.2, 0.25) is 0 Å². The fourth-order valence-electron chi connectivity index (χ4n) is 3.32. The van der Waals surface area contributed by atoms with Crippen LogP contribution in [0.3, 0.4) is 0 Å². The monoisotopic (exact) mass is 477 g/mol. The highest BCUT2D eigenvalue weighted by Crippen LogP contribution is 2.32. The first-order chi connectivity index (χ1) is 14.3. The Hall–Kier alpha value is -2.58.